The minimum Gasteiger partial charge on any atom is -0.388 e. The summed E-state index contributed by atoms with van der Waals surface area (Å²) in [4.78, 5) is 14.8. The number of aliphatic hydroxyl groups is 1. The summed E-state index contributed by atoms with van der Waals surface area (Å²) < 4.78 is 0. The number of hydrogen-bond donors (Lipinski definition) is 1. The summed E-state index contributed by atoms with van der Waals surface area (Å²) in [5.41, 5.74) is 4.21. The van der Waals surface area contributed by atoms with E-state index in [0.29, 0.717) is 13.0 Å². The molecule has 126 valence electrons. The van der Waals surface area contributed by atoms with Crippen molar-refractivity contribution in [1.82, 2.24) is 4.90 Å². The first-order valence-corrected chi connectivity index (χ1v) is 8.59. The topological polar surface area (TPSA) is 40.5 Å². The largest absolute Gasteiger partial charge is 0.388 e. The molecule has 0 aromatic heterocycles. The van der Waals surface area contributed by atoms with Crippen LogP contribution in [0.4, 0.5) is 0 Å². The highest BCUT2D eigenvalue weighted by atomic mass is 16.3. The molecular weight excluding hydrogens is 298 g/mol. The first-order valence-electron chi connectivity index (χ1n) is 8.59. The summed E-state index contributed by atoms with van der Waals surface area (Å²) in [6, 6.07) is 16.1. The van der Waals surface area contributed by atoms with Crippen LogP contribution in [-0.2, 0) is 4.79 Å². The molecule has 3 rings (SSSR count). The van der Waals surface area contributed by atoms with Crippen molar-refractivity contribution in [3.05, 3.63) is 70.8 Å². The molecule has 1 heterocycles. The zero-order valence-electron chi connectivity index (χ0n) is 14.6. The van der Waals surface area contributed by atoms with Crippen LogP contribution < -0.4 is 0 Å². The number of amides is 1. The Hall–Kier alpha value is -2.13. The highest BCUT2D eigenvalue weighted by Crippen LogP contribution is 2.36. The first-order chi connectivity index (χ1) is 11.5. The van der Waals surface area contributed by atoms with Crippen LogP contribution >= 0.6 is 0 Å². The van der Waals surface area contributed by atoms with Crippen LogP contribution in [0.1, 0.15) is 47.7 Å². The van der Waals surface area contributed by atoms with E-state index in [1.54, 1.807) is 0 Å². The summed E-state index contributed by atoms with van der Waals surface area (Å²) >= 11 is 0. The molecule has 0 unspecified atom stereocenters. The molecule has 0 radical (unpaired) electrons. The number of carbonyl (C=O) groups is 1. The monoisotopic (exact) mass is 323 g/mol. The fourth-order valence-electron chi connectivity index (χ4n) is 3.69. The van der Waals surface area contributed by atoms with E-state index in [1.807, 2.05) is 61.2 Å². The highest BCUT2D eigenvalue weighted by Gasteiger charge is 2.39. The molecule has 2 aromatic rings. The van der Waals surface area contributed by atoms with Crippen molar-refractivity contribution in [1.29, 1.82) is 0 Å². The SMILES string of the molecule is Cc1ccc([C@H](O)[C@H]2CCN([C@@H](C)c3ccccc3)C2=O)c(C)c1. The molecule has 0 saturated carbocycles. The van der Waals surface area contributed by atoms with Crippen molar-refractivity contribution in [3.63, 3.8) is 0 Å². The quantitative estimate of drug-likeness (QED) is 0.925. The Labute approximate surface area is 143 Å². The Morgan fingerprint density at radius 2 is 1.83 bits per heavy atom. The van der Waals surface area contributed by atoms with Crippen molar-refractivity contribution in [3.8, 4) is 0 Å². The van der Waals surface area contributed by atoms with Crippen molar-refractivity contribution < 1.29 is 9.90 Å². The van der Waals surface area contributed by atoms with Gasteiger partial charge in [-0.25, -0.2) is 0 Å². The lowest BCUT2D eigenvalue weighted by molar-refractivity contribution is -0.135. The van der Waals surface area contributed by atoms with Crippen molar-refractivity contribution in [2.45, 2.75) is 39.3 Å². The third-order valence-corrected chi connectivity index (χ3v) is 5.16. The van der Waals surface area contributed by atoms with Gasteiger partial charge in [0.25, 0.3) is 0 Å². The standard InChI is InChI=1S/C21H25NO2/c1-14-9-10-18(15(2)13-14)20(23)19-11-12-22(21(19)24)16(3)17-7-5-4-6-8-17/h4-10,13,16,19-20,23H,11-12H2,1-3H3/t16-,19+,20-/m0/s1. The van der Waals surface area contributed by atoms with E-state index >= 15 is 0 Å². The Balaban J connectivity index is 1.78. The molecule has 1 aliphatic heterocycles. The maximum absolute atomic E-state index is 12.9. The van der Waals surface area contributed by atoms with Gasteiger partial charge in [-0.3, -0.25) is 4.79 Å². The third kappa shape index (κ3) is 3.09. The van der Waals surface area contributed by atoms with E-state index in [1.165, 1.54) is 5.56 Å². The van der Waals surface area contributed by atoms with Gasteiger partial charge in [0.2, 0.25) is 5.91 Å². The van der Waals surface area contributed by atoms with Crippen molar-refractivity contribution in [2.24, 2.45) is 5.92 Å². The van der Waals surface area contributed by atoms with Crippen LogP contribution in [0.5, 0.6) is 0 Å². The minimum absolute atomic E-state index is 0.0371. The maximum Gasteiger partial charge on any atom is 0.229 e. The molecule has 3 heteroatoms. The summed E-state index contributed by atoms with van der Waals surface area (Å²) in [7, 11) is 0. The Bertz CT molecular complexity index is 726. The molecular formula is C21H25NO2. The molecule has 1 N–H and O–H groups in total. The fraction of sp³-hybridized carbons (Fsp3) is 0.381. The molecule has 1 aliphatic rings. The van der Waals surface area contributed by atoms with E-state index in [2.05, 4.69) is 13.0 Å². The van der Waals surface area contributed by atoms with Gasteiger partial charge in [0.1, 0.15) is 0 Å². The van der Waals surface area contributed by atoms with Crippen molar-refractivity contribution >= 4 is 5.91 Å². The van der Waals surface area contributed by atoms with Crippen LogP contribution in [0.3, 0.4) is 0 Å². The van der Waals surface area contributed by atoms with Crippen molar-refractivity contribution in [2.75, 3.05) is 6.54 Å². The highest BCUT2D eigenvalue weighted by molar-refractivity contribution is 5.82. The van der Waals surface area contributed by atoms with E-state index in [0.717, 1.165) is 16.7 Å². The van der Waals surface area contributed by atoms with Crippen LogP contribution in [0, 0.1) is 19.8 Å². The average Bonchev–Trinajstić information content (AvgIpc) is 2.96. The molecule has 2 aromatic carbocycles. The summed E-state index contributed by atoms with van der Waals surface area (Å²) in [5.74, 6) is -0.295. The van der Waals surface area contributed by atoms with Gasteiger partial charge >= 0.3 is 0 Å². The molecule has 1 fully saturated rings. The second-order valence-electron chi connectivity index (χ2n) is 6.82. The molecule has 24 heavy (non-hydrogen) atoms. The first kappa shape index (κ1) is 16.7. The van der Waals surface area contributed by atoms with Gasteiger partial charge in [0.05, 0.1) is 18.1 Å². The number of carbonyl (C=O) groups excluding carboxylic acids is 1. The summed E-state index contributed by atoms with van der Waals surface area (Å²) in [5, 5.41) is 10.8. The third-order valence-electron chi connectivity index (χ3n) is 5.16. The van der Waals surface area contributed by atoms with Gasteiger partial charge in [-0.1, -0.05) is 54.1 Å². The zero-order chi connectivity index (χ0) is 17.3. The van der Waals surface area contributed by atoms with E-state index in [4.69, 9.17) is 0 Å². The molecule has 0 aliphatic carbocycles. The van der Waals surface area contributed by atoms with Gasteiger partial charge in [-0.05, 0) is 43.9 Å². The smallest absolute Gasteiger partial charge is 0.229 e. The molecule has 0 spiro atoms. The molecule has 3 atom stereocenters. The second kappa shape index (κ2) is 6.78. The Morgan fingerprint density at radius 1 is 1.12 bits per heavy atom. The lowest BCUT2D eigenvalue weighted by Crippen LogP contribution is -2.32. The zero-order valence-corrected chi connectivity index (χ0v) is 14.6. The van der Waals surface area contributed by atoms with E-state index in [-0.39, 0.29) is 17.9 Å². The Kier molecular flexibility index (Phi) is 4.72. The van der Waals surface area contributed by atoms with Gasteiger partial charge in [0.15, 0.2) is 0 Å². The number of benzene rings is 2. The number of rotatable bonds is 4. The minimum atomic E-state index is -0.730. The molecule has 1 saturated heterocycles. The summed E-state index contributed by atoms with van der Waals surface area (Å²) in [6.07, 6.45) is -0.0316. The predicted molar refractivity (Wildman–Crippen MR) is 95.6 cm³/mol. The normalized spacial score (nSPS) is 20.2. The second-order valence-corrected chi connectivity index (χ2v) is 6.82. The average molecular weight is 323 g/mol. The number of aliphatic hydroxyl groups excluding tert-OH is 1. The van der Waals surface area contributed by atoms with Crippen LogP contribution in [-0.4, -0.2) is 22.5 Å². The van der Waals surface area contributed by atoms with Crippen LogP contribution in [0.2, 0.25) is 0 Å². The lowest BCUT2D eigenvalue weighted by Gasteiger charge is -2.26. The van der Waals surface area contributed by atoms with Crippen LogP contribution in [0.15, 0.2) is 48.5 Å². The summed E-state index contributed by atoms with van der Waals surface area (Å²) in [6.45, 7) is 6.78. The number of likely N-dealkylation sites (tertiary alicyclic amines) is 1. The van der Waals surface area contributed by atoms with Gasteiger partial charge in [-0.15, -0.1) is 0 Å². The van der Waals surface area contributed by atoms with Gasteiger partial charge in [0, 0.05) is 6.54 Å². The number of nitrogens with zero attached hydrogens (tertiary/aromatic N) is 1. The predicted octanol–water partition coefficient (Wildman–Crippen LogP) is 3.95. The molecule has 1 amide bonds. The molecule has 0 bridgehead atoms. The van der Waals surface area contributed by atoms with Gasteiger partial charge < -0.3 is 10.0 Å². The van der Waals surface area contributed by atoms with Crippen LogP contribution in [0.25, 0.3) is 0 Å². The number of hydrogen-bond acceptors (Lipinski definition) is 2. The lowest BCUT2D eigenvalue weighted by atomic mass is 9.91. The Morgan fingerprint density at radius 3 is 2.50 bits per heavy atom. The molecule has 3 nitrogen and oxygen atoms in total. The fourth-order valence-corrected chi connectivity index (χ4v) is 3.69. The maximum atomic E-state index is 12.9. The van der Waals surface area contributed by atoms with E-state index in [9.17, 15) is 9.90 Å². The number of aryl methyl sites for hydroxylation is 2. The van der Waals surface area contributed by atoms with E-state index < -0.39 is 6.10 Å². The van der Waals surface area contributed by atoms with Gasteiger partial charge in [-0.2, -0.15) is 0 Å².